The molecule has 7 N–H and O–H groups in total. The van der Waals surface area contributed by atoms with Crippen molar-refractivity contribution in [1.29, 1.82) is 0 Å². The zero-order chi connectivity index (χ0) is 10.2. The summed E-state index contributed by atoms with van der Waals surface area (Å²) in [4.78, 5) is 2.76. The highest BCUT2D eigenvalue weighted by molar-refractivity contribution is 14.1. The van der Waals surface area contributed by atoms with Crippen molar-refractivity contribution in [3.63, 3.8) is 0 Å². The summed E-state index contributed by atoms with van der Waals surface area (Å²) >= 11 is 2.13. The zero-order valence-corrected chi connectivity index (χ0v) is 9.47. The molecule has 13 heavy (non-hydrogen) atoms. The van der Waals surface area contributed by atoms with Crippen LogP contribution < -0.4 is 22.2 Å². The molecule has 0 heterocycles. The molecule has 70 valence electrons. The maximum atomic E-state index is 5.75. The molecule has 0 saturated carbocycles. The van der Waals surface area contributed by atoms with Crippen LogP contribution in [0.3, 0.4) is 0 Å². The number of nitrogen functional groups attached to an aromatic ring is 3. The third-order valence-corrected chi connectivity index (χ3v) is 3.36. The van der Waals surface area contributed by atoms with Crippen LogP contribution in [0.1, 0.15) is 5.56 Å². The predicted octanol–water partition coefficient (Wildman–Crippen LogP) is -0.241. The number of hydrogen-bond donors (Lipinski definition) is 4. The van der Waals surface area contributed by atoms with E-state index in [0.717, 1.165) is 14.8 Å². The number of nitrogens with two attached hydrogens (primary N) is 3. The first-order valence-electron chi connectivity index (χ1n) is 3.66. The van der Waals surface area contributed by atoms with E-state index in [4.69, 9.17) is 17.2 Å². The number of halogens is 1. The van der Waals surface area contributed by atoms with Crippen LogP contribution in [0, 0.1) is 10.5 Å². The van der Waals surface area contributed by atoms with E-state index < -0.39 is 0 Å². The van der Waals surface area contributed by atoms with Crippen molar-refractivity contribution >= 4 is 52.1 Å². The largest absolute Gasteiger partial charge is 0.396 e. The summed E-state index contributed by atoms with van der Waals surface area (Å²) < 4.78 is 0.912. The zero-order valence-electron chi connectivity index (χ0n) is 7.32. The molecule has 0 aliphatic rings. The summed E-state index contributed by atoms with van der Waals surface area (Å²) in [7, 11) is 0. The Morgan fingerprint density at radius 2 is 1.69 bits per heavy atom. The Balaban J connectivity index is 3.66. The predicted molar refractivity (Wildman–Crippen MR) is 64.9 cm³/mol. The second-order valence-electron chi connectivity index (χ2n) is 2.73. The van der Waals surface area contributed by atoms with Gasteiger partial charge in [0.2, 0.25) is 5.69 Å². The number of benzene rings is 1. The standard InChI is InChI=1S/C8H11IN4/c1-3-4(9)5(10)6(11)7(12)8(3)13-2/h2,10-12H2,1H3/p+1. The lowest BCUT2D eigenvalue weighted by Crippen LogP contribution is -2.59. The second-order valence-corrected chi connectivity index (χ2v) is 3.81. The summed E-state index contributed by atoms with van der Waals surface area (Å²) in [6.45, 7) is 5.48. The Morgan fingerprint density at radius 1 is 1.15 bits per heavy atom. The van der Waals surface area contributed by atoms with Crippen molar-refractivity contribution in [3.8, 4) is 0 Å². The van der Waals surface area contributed by atoms with E-state index >= 15 is 0 Å². The summed E-state index contributed by atoms with van der Waals surface area (Å²) in [5.74, 6) is 0. The van der Waals surface area contributed by atoms with Gasteiger partial charge >= 0.3 is 0 Å². The van der Waals surface area contributed by atoms with Crippen molar-refractivity contribution in [2.24, 2.45) is 0 Å². The minimum atomic E-state index is 0.418. The van der Waals surface area contributed by atoms with Crippen molar-refractivity contribution in [3.05, 3.63) is 9.13 Å². The quantitative estimate of drug-likeness (QED) is 0.327. The first-order chi connectivity index (χ1) is 6.00. The lowest BCUT2D eigenvalue weighted by molar-refractivity contribution is -0.341. The number of hydrogen-bond acceptors (Lipinski definition) is 3. The van der Waals surface area contributed by atoms with Crippen LogP contribution in [0.25, 0.3) is 0 Å². The van der Waals surface area contributed by atoms with E-state index in [1.807, 2.05) is 6.92 Å². The molecule has 0 radical (unpaired) electrons. The molecule has 0 aliphatic carbocycles. The normalized spacial score (nSPS) is 10.0. The maximum absolute atomic E-state index is 5.75. The fourth-order valence-corrected chi connectivity index (χ4v) is 1.70. The van der Waals surface area contributed by atoms with Gasteiger partial charge in [-0.2, -0.15) is 0 Å². The highest BCUT2D eigenvalue weighted by Crippen LogP contribution is 2.35. The average molecular weight is 291 g/mol. The molecular weight excluding hydrogens is 279 g/mol. The summed E-state index contributed by atoms with van der Waals surface area (Å²) in [6.07, 6.45) is 0. The van der Waals surface area contributed by atoms with Crippen LogP contribution in [-0.4, -0.2) is 6.72 Å². The SMILES string of the molecule is C=[NH+]c1c(C)c(I)c(N)c(N)c1N. The average Bonchev–Trinajstić information content (AvgIpc) is 2.13. The van der Waals surface area contributed by atoms with Crippen LogP contribution in [0.5, 0.6) is 0 Å². The molecule has 1 rings (SSSR count). The molecule has 5 heteroatoms. The third kappa shape index (κ3) is 1.43. The Labute approximate surface area is 90.3 Å². The Bertz CT molecular complexity index is 344. The summed E-state index contributed by atoms with van der Waals surface area (Å²) in [6, 6.07) is 0. The number of anilines is 3. The maximum Gasteiger partial charge on any atom is 0.232 e. The van der Waals surface area contributed by atoms with Crippen LogP contribution in [0.15, 0.2) is 0 Å². The fraction of sp³-hybridized carbons (Fsp3) is 0.125. The highest BCUT2D eigenvalue weighted by atomic mass is 127. The topological polar surface area (TPSA) is 92.0 Å². The Kier molecular flexibility index (Phi) is 2.65. The van der Waals surface area contributed by atoms with E-state index in [1.54, 1.807) is 0 Å². The van der Waals surface area contributed by atoms with Gasteiger partial charge in [-0.1, -0.05) is 0 Å². The van der Waals surface area contributed by atoms with Crippen LogP contribution in [0.4, 0.5) is 22.7 Å². The van der Waals surface area contributed by atoms with Crippen LogP contribution in [-0.2, 0) is 0 Å². The van der Waals surface area contributed by atoms with Crippen molar-refractivity contribution in [2.45, 2.75) is 6.92 Å². The van der Waals surface area contributed by atoms with Crippen LogP contribution >= 0.6 is 22.6 Å². The van der Waals surface area contributed by atoms with Gasteiger partial charge in [0, 0.05) is 9.13 Å². The summed E-state index contributed by atoms with van der Waals surface area (Å²) in [5, 5.41) is 0. The molecule has 0 unspecified atom stereocenters. The molecule has 0 saturated heterocycles. The van der Waals surface area contributed by atoms with Gasteiger partial charge in [-0.05, 0) is 29.5 Å². The van der Waals surface area contributed by atoms with Crippen LogP contribution in [0.2, 0.25) is 0 Å². The molecule has 0 atom stereocenters. The Hall–Kier alpha value is -0.980. The molecule has 1 aromatic rings. The van der Waals surface area contributed by atoms with Gasteiger partial charge in [0.25, 0.3) is 0 Å². The molecule has 1 aromatic carbocycles. The molecule has 4 nitrogen and oxygen atoms in total. The molecule has 0 spiro atoms. The number of nitrogens with one attached hydrogen (secondary N) is 1. The molecule has 0 aliphatic heterocycles. The summed E-state index contributed by atoms with van der Waals surface area (Å²) in [5.41, 5.74) is 20.3. The number of rotatable bonds is 1. The van der Waals surface area contributed by atoms with Gasteiger partial charge in [-0.15, -0.1) is 0 Å². The first-order valence-corrected chi connectivity index (χ1v) is 4.74. The van der Waals surface area contributed by atoms with Gasteiger partial charge in [0.05, 0.1) is 11.4 Å². The Morgan fingerprint density at radius 3 is 2.15 bits per heavy atom. The molecular formula is C8H12IN4+. The molecule has 0 fully saturated rings. The van der Waals surface area contributed by atoms with E-state index in [0.29, 0.717) is 17.1 Å². The van der Waals surface area contributed by atoms with Gasteiger partial charge < -0.3 is 17.2 Å². The monoisotopic (exact) mass is 291 g/mol. The minimum Gasteiger partial charge on any atom is -0.396 e. The third-order valence-electron chi connectivity index (χ3n) is 1.97. The van der Waals surface area contributed by atoms with E-state index in [9.17, 15) is 0 Å². The van der Waals surface area contributed by atoms with Crippen molar-refractivity contribution < 1.29 is 4.99 Å². The highest BCUT2D eigenvalue weighted by Gasteiger charge is 2.17. The van der Waals surface area contributed by atoms with E-state index in [1.165, 1.54) is 0 Å². The smallest absolute Gasteiger partial charge is 0.232 e. The minimum absolute atomic E-state index is 0.418. The van der Waals surface area contributed by atoms with E-state index in [-0.39, 0.29) is 0 Å². The lowest BCUT2D eigenvalue weighted by Gasteiger charge is -2.09. The van der Waals surface area contributed by atoms with E-state index in [2.05, 4.69) is 34.3 Å². The lowest BCUT2D eigenvalue weighted by atomic mass is 10.1. The van der Waals surface area contributed by atoms with Gasteiger partial charge in [0.1, 0.15) is 12.4 Å². The molecule has 0 amide bonds. The van der Waals surface area contributed by atoms with Gasteiger partial charge in [0.15, 0.2) is 0 Å². The van der Waals surface area contributed by atoms with Crippen molar-refractivity contribution in [1.82, 2.24) is 0 Å². The molecule has 0 bridgehead atoms. The first kappa shape index (κ1) is 10.1. The van der Waals surface area contributed by atoms with Crippen molar-refractivity contribution in [2.75, 3.05) is 17.2 Å². The fourth-order valence-electron chi connectivity index (χ4n) is 1.14. The second kappa shape index (κ2) is 3.41. The molecule has 0 aromatic heterocycles. The van der Waals surface area contributed by atoms with Gasteiger partial charge in [-0.3, -0.25) is 0 Å². The van der Waals surface area contributed by atoms with Gasteiger partial charge in [-0.25, -0.2) is 4.99 Å².